The number of hydrogen-bond donors (Lipinski definition) is 1. The molecule has 1 saturated heterocycles. The van der Waals surface area contributed by atoms with Crippen molar-refractivity contribution in [3.8, 4) is 0 Å². The number of hydrogen-bond acceptors (Lipinski definition) is 5. The Hall–Kier alpha value is -3.45. The monoisotopic (exact) mass is 387 g/mol. The van der Waals surface area contributed by atoms with Crippen LogP contribution in [0.2, 0.25) is 0 Å². The summed E-state index contributed by atoms with van der Waals surface area (Å²) in [5.74, 6) is 0.585. The Morgan fingerprint density at radius 2 is 1.90 bits per heavy atom. The van der Waals surface area contributed by atoms with Gasteiger partial charge in [-0.1, -0.05) is 30.3 Å². The van der Waals surface area contributed by atoms with E-state index in [2.05, 4.69) is 15.2 Å². The van der Waals surface area contributed by atoms with E-state index in [4.69, 9.17) is 9.72 Å². The predicted molar refractivity (Wildman–Crippen MR) is 111 cm³/mol. The van der Waals surface area contributed by atoms with Crippen LogP contribution < -0.4 is 10.2 Å². The van der Waals surface area contributed by atoms with E-state index in [9.17, 15) is 4.79 Å². The van der Waals surface area contributed by atoms with Gasteiger partial charge < -0.3 is 15.0 Å². The van der Waals surface area contributed by atoms with Crippen molar-refractivity contribution in [3.05, 3.63) is 72.3 Å². The van der Waals surface area contributed by atoms with Gasteiger partial charge in [-0.15, -0.1) is 0 Å². The molecule has 7 nitrogen and oxygen atoms in total. The molecule has 3 aromatic heterocycles. The lowest BCUT2D eigenvalue weighted by molar-refractivity contribution is 0.0948. The van der Waals surface area contributed by atoms with Crippen molar-refractivity contribution in [2.45, 2.75) is 6.54 Å². The van der Waals surface area contributed by atoms with Crippen LogP contribution in [0.5, 0.6) is 0 Å². The molecule has 146 valence electrons. The van der Waals surface area contributed by atoms with Crippen LogP contribution in [0.15, 0.2) is 61.1 Å². The normalized spacial score (nSPS) is 14.4. The zero-order chi connectivity index (χ0) is 19.6. The lowest BCUT2D eigenvalue weighted by atomic mass is 10.1. The van der Waals surface area contributed by atoms with Gasteiger partial charge in [-0.05, 0) is 23.1 Å². The molecule has 0 atom stereocenters. The minimum absolute atomic E-state index is 0.193. The molecule has 4 aromatic rings. The molecule has 0 saturated carbocycles. The molecule has 5 rings (SSSR count). The fraction of sp³-hybridized carbons (Fsp3) is 0.227. The number of morpholine rings is 1. The Kier molecular flexibility index (Phi) is 4.57. The third-order valence-electron chi connectivity index (χ3n) is 5.23. The lowest BCUT2D eigenvalue weighted by Gasteiger charge is -2.27. The van der Waals surface area contributed by atoms with Crippen LogP contribution >= 0.6 is 0 Å². The van der Waals surface area contributed by atoms with Crippen molar-refractivity contribution >= 4 is 28.1 Å². The molecule has 1 aliphatic heterocycles. The van der Waals surface area contributed by atoms with Crippen molar-refractivity contribution in [3.63, 3.8) is 0 Å². The molecular weight excluding hydrogens is 366 g/mol. The van der Waals surface area contributed by atoms with Gasteiger partial charge in [0.25, 0.3) is 5.91 Å². The molecule has 0 spiro atoms. The topological polar surface area (TPSA) is 71.8 Å². The summed E-state index contributed by atoms with van der Waals surface area (Å²) in [5, 5.41) is 5.16. The molecule has 29 heavy (non-hydrogen) atoms. The molecule has 7 heteroatoms. The van der Waals surface area contributed by atoms with Crippen LogP contribution in [0.3, 0.4) is 0 Å². The highest BCUT2D eigenvalue weighted by Crippen LogP contribution is 2.22. The summed E-state index contributed by atoms with van der Waals surface area (Å²) in [6.45, 7) is 3.24. The molecule has 0 aliphatic carbocycles. The Bertz CT molecular complexity index is 1170. The second-order valence-electron chi connectivity index (χ2n) is 7.02. The molecule has 1 amide bonds. The van der Waals surface area contributed by atoms with E-state index in [1.165, 1.54) is 0 Å². The molecule has 0 unspecified atom stereocenters. The minimum atomic E-state index is -0.193. The van der Waals surface area contributed by atoms with Gasteiger partial charge in [-0.2, -0.15) is 0 Å². The first-order valence-electron chi connectivity index (χ1n) is 9.71. The highest BCUT2D eigenvalue weighted by molar-refractivity contribution is 6.00. The average Bonchev–Trinajstić information content (AvgIpc) is 3.18. The molecule has 1 N–H and O–H groups in total. The lowest BCUT2D eigenvalue weighted by Crippen LogP contribution is -2.37. The predicted octanol–water partition coefficient (Wildman–Crippen LogP) is 2.65. The SMILES string of the molecule is O=C(NCc1cncc2ccccc12)c1nc(N2CCOCC2)n2ccccc12. The number of carbonyl (C=O) groups excluding carboxylic acids is 1. The zero-order valence-corrected chi connectivity index (χ0v) is 15.9. The van der Waals surface area contributed by atoms with E-state index >= 15 is 0 Å². The van der Waals surface area contributed by atoms with Gasteiger partial charge in [-0.25, -0.2) is 4.98 Å². The molecule has 1 aromatic carbocycles. The van der Waals surface area contributed by atoms with Crippen LogP contribution in [-0.4, -0.2) is 46.6 Å². The van der Waals surface area contributed by atoms with Crippen LogP contribution in [0.1, 0.15) is 16.1 Å². The highest BCUT2D eigenvalue weighted by Gasteiger charge is 2.22. The van der Waals surface area contributed by atoms with Crippen molar-refractivity contribution in [1.29, 1.82) is 0 Å². The van der Waals surface area contributed by atoms with E-state index in [0.717, 1.165) is 40.9 Å². The summed E-state index contributed by atoms with van der Waals surface area (Å²) in [4.78, 5) is 24.2. The van der Waals surface area contributed by atoms with Gasteiger partial charge in [0.1, 0.15) is 0 Å². The van der Waals surface area contributed by atoms with Gasteiger partial charge in [-0.3, -0.25) is 14.2 Å². The van der Waals surface area contributed by atoms with Gasteiger partial charge in [0.15, 0.2) is 5.69 Å². The van der Waals surface area contributed by atoms with Crippen LogP contribution in [-0.2, 0) is 11.3 Å². The van der Waals surface area contributed by atoms with Gasteiger partial charge in [0, 0.05) is 43.6 Å². The van der Waals surface area contributed by atoms with Crippen molar-refractivity contribution in [1.82, 2.24) is 19.7 Å². The Labute approximate surface area is 167 Å². The van der Waals surface area contributed by atoms with Crippen molar-refractivity contribution < 1.29 is 9.53 Å². The number of carbonyl (C=O) groups is 1. The fourth-order valence-electron chi connectivity index (χ4n) is 3.75. The molecule has 1 fully saturated rings. The smallest absolute Gasteiger partial charge is 0.272 e. The molecule has 0 bridgehead atoms. The van der Waals surface area contributed by atoms with E-state index in [1.54, 1.807) is 6.20 Å². The highest BCUT2D eigenvalue weighted by atomic mass is 16.5. The maximum Gasteiger partial charge on any atom is 0.272 e. The van der Waals surface area contributed by atoms with Crippen molar-refractivity contribution in [2.75, 3.05) is 31.2 Å². The van der Waals surface area contributed by atoms with Crippen LogP contribution in [0, 0.1) is 0 Å². The third-order valence-corrected chi connectivity index (χ3v) is 5.23. The largest absolute Gasteiger partial charge is 0.378 e. The number of rotatable bonds is 4. The summed E-state index contributed by atoms with van der Waals surface area (Å²) in [7, 11) is 0. The van der Waals surface area contributed by atoms with Gasteiger partial charge in [0.2, 0.25) is 5.95 Å². The second kappa shape index (κ2) is 7.52. The third kappa shape index (κ3) is 3.30. The van der Waals surface area contributed by atoms with Gasteiger partial charge in [0.05, 0.1) is 18.7 Å². The molecule has 4 heterocycles. The first-order valence-corrected chi connectivity index (χ1v) is 9.71. The number of ether oxygens (including phenoxy) is 1. The second-order valence-corrected chi connectivity index (χ2v) is 7.02. The van der Waals surface area contributed by atoms with E-state index in [1.807, 2.05) is 59.3 Å². The number of fused-ring (bicyclic) bond motifs is 2. The average molecular weight is 387 g/mol. The Balaban J connectivity index is 1.43. The molecule has 1 aliphatic rings. The Morgan fingerprint density at radius 3 is 2.79 bits per heavy atom. The minimum Gasteiger partial charge on any atom is -0.378 e. The van der Waals surface area contributed by atoms with Crippen molar-refractivity contribution in [2.24, 2.45) is 0 Å². The number of benzene rings is 1. The number of amides is 1. The fourth-order valence-corrected chi connectivity index (χ4v) is 3.75. The van der Waals surface area contributed by atoms with E-state index < -0.39 is 0 Å². The van der Waals surface area contributed by atoms with Crippen LogP contribution in [0.4, 0.5) is 5.95 Å². The summed E-state index contributed by atoms with van der Waals surface area (Å²) in [6.07, 6.45) is 5.57. The number of pyridine rings is 2. The number of anilines is 1. The van der Waals surface area contributed by atoms with Crippen LogP contribution in [0.25, 0.3) is 16.3 Å². The van der Waals surface area contributed by atoms with Gasteiger partial charge >= 0.3 is 0 Å². The summed E-state index contributed by atoms with van der Waals surface area (Å²) in [5.41, 5.74) is 2.20. The van der Waals surface area contributed by atoms with E-state index in [-0.39, 0.29) is 5.91 Å². The number of nitrogens with zero attached hydrogens (tertiary/aromatic N) is 4. The first-order chi connectivity index (χ1) is 14.3. The Morgan fingerprint density at radius 1 is 1.07 bits per heavy atom. The first kappa shape index (κ1) is 17.6. The maximum atomic E-state index is 13.0. The summed E-state index contributed by atoms with van der Waals surface area (Å²) in [6, 6.07) is 13.8. The number of nitrogens with one attached hydrogen (secondary N) is 1. The molecule has 0 radical (unpaired) electrons. The standard InChI is InChI=1S/C22H21N5O2/c28-21(24-15-17-14-23-13-16-5-1-2-6-18(16)17)20-19-7-3-4-8-27(19)22(25-20)26-9-11-29-12-10-26/h1-8,13-14H,9-12,15H2,(H,24,28). The zero-order valence-electron chi connectivity index (χ0n) is 15.9. The van der Waals surface area contributed by atoms with E-state index in [0.29, 0.717) is 25.5 Å². The number of imidazole rings is 1. The number of aromatic nitrogens is 3. The molecular formula is C22H21N5O2. The maximum absolute atomic E-state index is 13.0. The summed E-state index contributed by atoms with van der Waals surface area (Å²) < 4.78 is 7.42. The summed E-state index contributed by atoms with van der Waals surface area (Å²) >= 11 is 0. The quantitative estimate of drug-likeness (QED) is 0.583.